The van der Waals surface area contributed by atoms with Crippen LogP contribution in [0.1, 0.15) is 33.9 Å². The summed E-state index contributed by atoms with van der Waals surface area (Å²) in [5, 5.41) is 12.2. The van der Waals surface area contributed by atoms with Crippen molar-refractivity contribution in [3.63, 3.8) is 0 Å². The van der Waals surface area contributed by atoms with E-state index in [1.54, 1.807) is 12.1 Å². The molecule has 0 heterocycles. The Morgan fingerprint density at radius 1 is 0.969 bits per heavy atom. The standard InChI is InChI=1S/C25H25N3O3S/c1-18-13-14-21(15-19(18)2)25(20-9-5-4-6-10-20)27-24(29)17-28(3)32(30,31)23-12-8-7-11-22(23)16-26/h4-15,25H,17H2,1-3H3,(H,27,29)/t25-/m1/s1. The number of hydrogen-bond donors (Lipinski definition) is 1. The maximum absolute atomic E-state index is 13.0. The third-order valence-electron chi connectivity index (χ3n) is 5.36. The molecule has 0 aliphatic carbocycles. The second-order valence-corrected chi connectivity index (χ2v) is 9.64. The van der Waals surface area contributed by atoms with Crippen molar-refractivity contribution in [2.24, 2.45) is 0 Å². The maximum Gasteiger partial charge on any atom is 0.244 e. The zero-order chi connectivity index (χ0) is 23.3. The summed E-state index contributed by atoms with van der Waals surface area (Å²) in [4.78, 5) is 12.8. The molecule has 32 heavy (non-hydrogen) atoms. The minimum atomic E-state index is -4.00. The van der Waals surface area contributed by atoms with Gasteiger partial charge in [-0.25, -0.2) is 8.42 Å². The number of likely N-dealkylation sites (N-methyl/N-ethyl adjacent to an activating group) is 1. The van der Waals surface area contributed by atoms with Gasteiger partial charge in [-0.3, -0.25) is 4.79 Å². The molecule has 0 fully saturated rings. The van der Waals surface area contributed by atoms with Crippen LogP contribution in [0.5, 0.6) is 0 Å². The fourth-order valence-electron chi connectivity index (χ4n) is 3.39. The molecule has 0 saturated carbocycles. The Bertz CT molecular complexity index is 1270. The number of amides is 1. The van der Waals surface area contributed by atoms with E-state index in [1.165, 1.54) is 19.2 Å². The van der Waals surface area contributed by atoms with Crippen LogP contribution in [0.3, 0.4) is 0 Å². The van der Waals surface area contributed by atoms with Crippen LogP contribution in [0.25, 0.3) is 0 Å². The van der Waals surface area contributed by atoms with Crippen molar-refractivity contribution in [3.05, 3.63) is 101 Å². The molecule has 0 radical (unpaired) electrons. The summed E-state index contributed by atoms with van der Waals surface area (Å²) in [5.41, 5.74) is 4.09. The molecule has 0 saturated heterocycles. The number of hydrogen-bond acceptors (Lipinski definition) is 4. The van der Waals surface area contributed by atoms with Crippen LogP contribution in [0.15, 0.2) is 77.7 Å². The van der Waals surface area contributed by atoms with Gasteiger partial charge in [-0.05, 0) is 48.2 Å². The van der Waals surface area contributed by atoms with Crippen molar-refractivity contribution in [3.8, 4) is 6.07 Å². The van der Waals surface area contributed by atoms with Gasteiger partial charge in [-0.2, -0.15) is 9.57 Å². The molecule has 0 bridgehead atoms. The second kappa shape index (κ2) is 9.77. The van der Waals surface area contributed by atoms with E-state index in [1.807, 2.05) is 68.4 Å². The van der Waals surface area contributed by atoms with Crippen molar-refractivity contribution < 1.29 is 13.2 Å². The highest BCUT2D eigenvalue weighted by atomic mass is 32.2. The van der Waals surface area contributed by atoms with Crippen LogP contribution in [0, 0.1) is 25.2 Å². The number of carbonyl (C=O) groups excluding carboxylic acids is 1. The minimum Gasteiger partial charge on any atom is -0.344 e. The van der Waals surface area contributed by atoms with Gasteiger partial charge >= 0.3 is 0 Å². The molecule has 6 nitrogen and oxygen atoms in total. The van der Waals surface area contributed by atoms with Gasteiger partial charge in [0, 0.05) is 7.05 Å². The summed E-state index contributed by atoms with van der Waals surface area (Å²) >= 11 is 0. The maximum atomic E-state index is 13.0. The third kappa shape index (κ3) is 5.05. The SMILES string of the molecule is Cc1ccc([C@H](NC(=O)CN(C)S(=O)(=O)c2ccccc2C#N)c2ccccc2)cc1C. The molecule has 7 heteroatoms. The molecule has 3 aromatic rings. The highest BCUT2D eigenvalue weighted by Crippen LogP contribution is 2.24. The van der Waals surface area contributed by atoms with Crippen LogP contribution < -0.4 is 5.32 Å². The van der Waals surface area contributed by atoms with Gasteiger partial charge in [-0.15, -0.1) is 0 Å². The highest BCUT2D eigenvalue weighted by molar-refractivity contribution is 7.89. The molecule has 0 aromatic heterocycles. The highest BCUT2D eigenvalue weighted by Gasteiger charge is 2.27. The van der Waals surface area contributed by atoms with Crippen molar-refractivity contribution in [1.29, 1.82) is 5.26 Å². The fourth-order valence-corrected chi connectivity index (χ4v) is 4.66. The summed E-state index contributed by atoms with van der Waals surface area (Å²) in [7, 11) is -2.67. The first-order valence-electron chi connectivity index (χ1n) is 10.1. The third-order valence-corrected chi connectivity index (χ3v) is 7.23. The van der Waals surface area contributed by atoms with E-state index in [2.05, 4.69) is 5.32 Å². The van der Waals surface area contributed by atoms with Gasteiger partial charge in [0.2, 0.25) is 15.9 Å². The number of nitrogens with zero attached hydrogens (tertiary/aromatic N) is 2. The van der Waals surface area contributed by atoms with Gasteiger partial charge in [0.05, 0.1) is 23.0 Å². The van der Waals surface area contributed by atoms with E-state index in [0.717, 1.165) is 26.6 Å². The quantitative estimate of drug-likeness (QED) is 0.598. The predicted molar refractivity (Wildman–Crippen MR) is 123 cm³/mol. The van der Waals surface area contributed by atoms with Crippen molar-refractivity contribution in [2.75, 3.05) is 13.6 Å². The summed E-state index contributed by atoms with van der Waals surface area (Å²) in [6.07, 6.45) is 0. The Balaban J connectivity index is 1.85. The smallest absolute Gasteiger partial charge is 0.244 e. The van der Waals surface area contributed by atoms with Gasteiger partial charge in [0.1, 0.15) is 6.07 Å². The summed E-state index contributed by atoms with van der Waals surface area (Å²) in [6, 6.07) is 22.9. The number of nitriles is 1. The van der Waals surface area contributed by atoms with Gasteiger partial charge in [0.15, 0.2) is 0 Å². The van der Waals surface area contributed by atoms with Crippen LogP contribution in [-0.2, 0) is 14.8 Å². The van der Waals surface area contributed by atoms with Gasteiger partial charge < -0.3 is 5.32 Å². The van der Waals surface area contributed by atoms with E-state index >= 15 is 0 Å². The molecule has 0 unspecified atom stereocenters. The number of carbonyl (C=O) groups is 1. The second-order valence-electron chi connectivity index (χ2n) is 7.62. The molecule has 0 aliphatic heterocycles. The summed E-state index contributed by atoms with van der Waals surface area (Å²) in [5.74, 6) is -0.447. The lowest BCUT2D eigenvalue weighted by Crippen LogP contribution is -2.40. The first-order chi connectivity index (χ1) is 15.2. The predicted octanol–water partition coefficient (Wildman–Crippen LogP) is 3.70. The average Bonchev–Trinajstić information content (AvgIpc) is 2.79. The van der Waals surface area contributed by atoms with E-state index in [9.17, 15) is 18.5 Å². The average molecular weight is 448 g/mol. The first-order valence-corrected chi connectivity index (χ1v) is 11.5. The van der Waals surface area contributed by atoms with E-state index in [4.69, 9.17) is 0 Å². The monoisotopic (exact) mass is 447 g/mol. The molecule has 3 rings (SSSR count). The van der Waals surface area contributed by atoms with Crippen molar-refractivity contribution in [2.45, 2.75) is 24.8 Å². The number of nitrogens with one attached hydrogen (secondary N) is 1. The molecule has 1 N–H and O–H groups in total. The lowest BCUT2D eigenvalue weighted by atomic mass is 9.95. The zero-order valence-electron chi connectivity index (χ0n) is 18.2. The molecular formula is C25H25N3O3S. The molecule has 164 valence electrons. The Kier molecular flexibility index (Phi) is 7.08. The van der Waals surface area contributed by atoms with Gasteiger partial charge in [0.25, 0.3) is 0 Å². The lowest BCUT2D eigenvalue weighted by molar-refractivity contribution is -0.121. The topological polar surface area (TPSA) is 90.3 Å². The van der Waals surface area contributed by atoms with Gasteiger partial charge in [-0.1, -0.05) is 60.7 Å². The Morgan fingerprint density at radius 2 is 1.62 bits per heavy atom. The zero-order valence-corrected chi connectivity index (χ0v) is 19.1. The molecule has 0 aliphatic rings. The van der Waals surface area contributed by atoms with Crippen LogP contribution in [-0.4, -0.2) is 32.2 Å². The largest absolute Gasteiger partial charge is 0.344 e. The number of rotatable bonds is 7. The van der Waals surface area contributed by atoms with Crippen LogP contribution >= 0.6 is 0 Å². The fraction of sp³-hybridized carbons (Fsp3) is 0.200. The number of aryl methyl sites for hydroxylation is 2. The molecule has 1 amide bonds. The lowest BCUT2D eigenvalue weighted by Gasteiger charge is -2.23. The molecule has 1 atom stereocenters. The van der Waals surface area contributed by atoms with E-state index in [-0.39, 0.29) is 17.0 Å². The molecule has 0 spiro atoms. The summed E-state index contributed by atoms with van der Waals surface area (Å²) < 4.78 is 26.9. The van der Waals surface area contributed by atoms with Crippen LogP contribution in [0.2, 0.25) is 0 Å². The van der Waals surface area contributed by atoms with E-state index in [0.29, 0.717) is 0 Å². The first kappa shape index (κ1) is 23.2. The molecule has 3 aromatic carbocycles. The summed E-state index contributed by atoms with van der Waals surface area (Å²) in [6.45, 7) is 3.65. The number of sulfonamides is 1. The normalized spacial score (nSPS) is 12.2. The number of benzene rings is 3. The molecular weight excluding hydrogens is 422 g/mol. The Morgan fingerprint density at radius 3 is 2.28 bits per heavy atom. The Hall–Kier alpha value is -3.47. The Labute approximate surface area is 189 Å². The minimum absolute atomic E-state index is 0.0389. The van der Waals surface area contributed by atoms with Crippen molar-refractivity contribution in [1.82, 2.24) is 9.62 Å². The van der Waals surface area contributed by atoms with E-state index < -0.39 is 22.0 Å². The van der Waals surface area contributed by atoms with Crippen molar-refractivity contribution >= 4 is 15.9 Å². The van der Waals surface area contributed by atoms with Crippen LogP contribution in [0.4, 0.5) is 0 Å².